The molecule has 0 spiro atoms. The first-order chi connectivity index (χ1) is 16.2. The average molecular weight is 435 g/mol. The maximum Gasteiger partial charge on any atom is 0.248 e. The molecule has 5 aromatic rings. The van der Waals surface area contributed by atoms with Crippen LogP contribution >= 0.6 is 0 Å². The lowest BCUT2D eigenvalue weighted by atomic mass is 9.95. The standard InChI is InChI=1S/C26H21N5O2/c27-25(32)20-10-6-9-19(13-20)21-11-4-5-12-22(21)23-24-26(29-15-28-23)30-16-31(24)17-33-14-18-7-2-1-3-8-18/h1-13,15-16H,14,17H2,(H2,27,32). The van der Waals surface area contributed by atoms with Gasteiger partial charge >= 0.3 is 0 Å². The highest BCUT2D eigenvalue weighted by molar-refractivity contribution is 5.97. The van der Waals surface area contributed by atoms with E-state index < -0.39 is 5.91 Å². The molecule has 162 valence electrons. The number of hydrogen-bond donors (Lipinski definition) is 1. The maximum atomic E-state index is 11.7. The number of aromatic nitrogens is 4. The molecule has 0 unspecified atom stereocenters. The highest BCUT2D eigenvalue weighted by Gasteiger charge is 2.16. The van der Waals surface area contributed by atoms with Crippen molar-refractivity contribution in [2.75, 3.05) is 0 Å². The predicted octanol–water partition coefficient (Wildman–Crippen LogP) is 4.43. The smallest absolute Gasteiger partial charge is 0.248 e. The van der Waals surface area contributed by atoms with E-state index in [0.717, 1.165) is 33.5 Å². The highest BCUT2D eigenvalue weighted by Crippen LogP contribution is 2.34. The summed E-state index contributed by atoms with van der Waals surface area (Å²) in [5.41, 5.74) is 11.9. The molecule has 1 amide bonds. The number of fused-ring (bicyclic) bond motifs is 1. The van der Waals surface area contributed by atoms with Crippen molar-refractivity contribution in [3.63, 3.8) is 0 Å². The molecule has 0 fully saturated rings. The maximum absolute atomic E-state index is 11.7. The number of rotatable bonds is 7. The second-order valence-electron chi connectivity index (χ2n) is 7.56. The van der Waals surface area contributed by atoms with E-state index in [1.54, 1.807) is 18.5 Å². The quantitative estimate of drug-likeness (QED) is 0.408. The first kappa shape index (κ1) is 20.5. The van der Waals surface area contributed by atoms with Gasteiger partial charge in [-0.3, -0.25) is 4.79 Å². The Morgan fingerprint density at radius 1 is 0.879 bits per heavy atom. The van der Waals surface area contributed by atoms with Crippen molar-refractivity contribution < 1.29 is 9.53 Å². The normalized spacial score (nSPS) is 11.0. The van der Waals surface area contributed by atoms with Crippen LogP contribution in [0, 0.1) is 0 Å². The molecule has 7 nitrogen and oxygen atoms in total. The van der Waals surface area contributed by atoms with Gasteiger partial charge in [0.15, 0.2) is 5.65 Å². The molecule has 0 bridgehead atoms. The van der Waals surface area contributed by atoms with E-state index in [9.17, 15) is 4.79 Å². The Morgan fingerprint density at radius 3 is 2.48 bits per heavy atom. The van der Waals surface area contributed by atoms with Gasteiger partial charge in [0.25, 0.3) is 0 Å². The fraction of sp³-hybridized carbons (Fsp3) is 0.0769. The van der Waals surface area contributed by atoms with E-state index in [1.807, 2.05) is 71.3 Å². The van der Waals surface area contributed by atoms with Crippen molar-refractivity contribution >= 4 is 17.1 Å². The van der Waals surface area contributed by atoms with Crippen molar-refractivity contribution in [2.24, 2.45) is 5.73 Å². The predicted molar refractivity (Wildman–Crippen MR) is 126 cm³/mol. The van der Waals surface area contributed by atoms with Gasteiger partial charge in [0, 0.05) is 11.1 Å². The third-order valence-electron chi connectivity index (χ3n) is 5.39. The average Bonchev–Trinajstić information content (AvgIpc) is 3.28. The van der Waals surface area contributed by atoms with Gasteiger partial charge in [0.1, 0.15) is 24.3 Å². The zero-order valence-corrected chi connectivity index (χ0v) is 17.8. The first-order valence-corrected chi connectivity index (χ1v) is 10.5. The molecule has 0 aliphatic carbocycles. The third kappa shape index (κ3) is 4.22. The van der Waals surface area contributed by atoms with Crippen LogP contribution in [0.25, 0.3) is 33.5 Å². The molecular formula is C26H21N5O2. The van der Waals surface area contributed by atoms with Crippen molar-refractivity contribution in [3.05, 3.63) is 103 Å². The summed E-state index contributed by atoms with van der Waals surface area (Å²) in [6, 6.07) is 25.2. The zero-order chi connectivity index (χ0) is 22.6. The van der Waals surface area contributed by atoms with E-state index in [0.29, 0.717) is 24.5 Å². The summed E-state index contributed by atoms with van der Waals surface area (Å²) < 4.78 is 7.84. The van der Waals surface area contributed by atoms with E-state index in [4.69, 9.17) is 10.5 Å². The summed E-state index contributed by atoms with van der Waals surface area (Å²) in [5, 5.41) is 0. The van der Waals surface area contributed by atoms with Crippen molar-refractivity contribution in [1.82, 2.24) is 19.5 Å². The summed E-state index contributed by atoms with van der Waals surface area (Å²) >= 11 is 0. The summed E-state index contributed by atoms with van der Waals surface area (Å²) in [7, 11) is 0. The fourth-order valence-electron chi connectivity index (χ4n) is 3.82. The zero-order valence-electron chi connectivity index (χ0n) is 17.8. The van der Waals surface area contributed by atoms with Crippen LogP contribution in [-0.4, -0.2) is 25.4 Å². The minimum Gasteiger partial charge on any atom is -0.366 e. The molecule has 0 aliphatic heterocycles. The molecule has 0 saturated carbocycles. The van der Waals surface area contributed by atoms with Crippen LogP contribution in [-0.2, 0) is 18.1 Å². The van der Waals surface area contributed by atoms with Crippen LogP contribution in [0.1, 0.15) is 15.9 Å². The Balaban J connectivity index is 1.54. The lowest BCUT2D eigenvalue weighted by Crippen LogP contribution is -2.10. The minimum absolute atomic E-state index is 0.311. The van der Waals surface area contributed by atoms with E-state index in [1.165, 1.54) is 6.33 Å². The van der Waals surface area contributed by atoms with Gasteiger partial charge in [0.05, 0.1) is 12.9 Å². The monoisotopic (exact) mass is 435 g/mol. The molecule has 5 rings (SSSR count). The lowest BCUT2D eigenvalue weighted by Gasteiger charge is -2.13. The molecule has 0 aliphatic rings. The second kappa shape index (κ2) is 9.02. The minimum atomic E-state index is -0.465. The topological polar surface area (TPSA) is 95.9 Å². The largest absolute Gasteiger partial charge is 0.366 e. The van der Waals surface area contributed by atoms with Crippen LogP contribution in [0.3, 0.4) is 0 Å². The van der Waals surface area contributed by atoms with Gasteiger partial charge in [0.2, 0.25) is 5.91 Å². The van der Waals surface area contributed by atoms with Crippen LogP contribution in [0.2, 0.25) is 0 Å². The van der Waals surface area contributed by atoms with Crippen LogP contribution in [0.5, 0.6) is 0 Å². The van der Waals surface area contributed by atoms with E-state index >= 15 is 0 Å². The summed E-state index contributed by atoms with van der Waals surface area (Å²) in [6.45, 7) is 0.797. The SMILES string of the molecule is NC(=O)c1cccc(-c2ccccc2-c2ncnc3ncn(COCc4ccccc4)c23)c1. The Morgan fingerprint density at radius 2 is 1.67 bits per heavy atom. The summed E-state index contributed by atoms with van der Waals surface area (Å²) in [6.07, 6.45) is 3.22. The van der Waals surface area contributed by atoms with Gasteiger partial charge in [-0.25, -0.2) is 15.0 Å². The summed E-state index contributed by atoms with van der Waals surface area (Å²) in [4.78, 5) is 25.1. The number of benzene rings is 3. The van der Waals surface area contributed by atoms with Gasteiger partial charge in [-0.2, -0.15) is 0 Å². The fourth-order valence-corrected chi connectivity index (χ4v) is 3.82. The molecule has 0 radical (unpaired) electrons. The molecule has 2 aromatic heterocycles. The molecule has 7 heteroatoms. The van der Waals surface area contributed by atoms with Gasteiger partial charge < -0.3 is 15.0 Å². The summed E-state index contributed by atoms with van der Waals surface area (Å²) in [5.74, 6) is -0.465. The Bertz CT molecular complexity index is 1430. The molecular weight excluding hydrogens is 414 g/mol. The number of primary amides is 1. The second-order valence-corrected chi connectivity index (χ2v) is 7.56. The number of carbonyl (C=O) groups is 1. The van der Waals surface area contributed by atoms with Gasteiger partial charge in [-0.05, 0) is 28.8 Å². The number of hydrogen-bond acceptors (Lipinski definition) is 5. The van der Waals surface area contributed by atoms with E-state index in [-0.39, 0.29) is 0 Å². The van der Waals surface area contributed by atoms with Crippen LogP contribution in [0.15, 0.2) is 91.5 Å². The van der Waals surface area contributed by atoms with Crippen molar-refractivity contribution in [1.29, 1.82) is 0 Å². The number of imidazole rings is 1. The highest BCUT2D eigenvalue weighted by atomic mass is 16.5. The number of carbonyl (C=O) groups excluding carboxylic acids is 1. The Kier molecular flexibility index (Phi) is 5.61. The first-order valence-electron chi connectivity index (χ1n) is 10.5. The Hall–Kier alpha value is -4.36. The van der Waals surface area contributed by atoms with Gasteiger partial charge in [-0.15, -0.1) is 0 Å². The number of nitrogens with zero attached hydrogens (tertiary/aromatic N) is 4. The number of amides is 1. The molecule has 2 N–H and O–H groups in total. The molecule has 3 aromatic carbocycles. The molecule has 0 atom stereocenters. The third-order valence-corrected chi connectivity index (χ3v) is 5.39. The van der Waals surface area contributed by atoms with E-state index in [2.05, 4.69) is 15.0 Å². The van der Waals surface area contributed by atoms with Crippen molar-refractivity contribution in [2.45, 2.75) is 13.3 Å². The molecule has 0 saturated heterocycles. The van der Waals surface area contributed by atoms with Gasteiger partial charge in [-0.1, -0.05) is 66.7 Å². The molecule has 2 heterocycles. The van der Waals surface area contributed by atoms with Crippen LogP contribution < -0.4 is 5.73 Å². The molecule has 33 heavy (non-hydrogen) atoms. The van der Waals surface area contributed by atoms with Crippen LogP contribution in [0.4, 0.5) is 0 Å². The number of nitrogens with two attached hydrogens (primary N) is 1. The Labute approximate surface area is 190 Å². The lowest BCUT2D eigenvalue weighted by molar-refractivity contribution is 0.0664. The van der Waals surface area contributed by atoms with Crippen molar-refractivity contribution in [3.8, 4) is 22.4 Å². The number of ether oxygens (including phenoxy) is 1.